The normalized spacial score (nSPS) is 10.7. The molecule has 0 atom stereocenters. The molecule has 0 aliphatic carbocycles. The molecule has 1 N–H and O–H groups in total. The Bertz CT molecular complexity index is 1060. The highest BCUT2D eigenvalue weighted by molar-refractivity contribution is 5.61. The van der Waals surface area contributed by atoms with Crippen molar-refractivity contribution in [3.63, 3.8) is 0 Å². The molecule has 1 aromatic heterocycles. The molecule has 0 unspecified atom stereocenters. The second-order valence-electron chi connectivity index (χ2n) is 6.35. The van der Waals surface area contributed by atoms with E-state index in [4.69, 9.17) is 9.47 Å². The minimum absolute atomic E-state index is 0.0258. The Labute approximate surface area is 166 Å². The minimum atomic E-state index is -0.682. The summed E-state index contributed by atoms with van der Waals surface area (Å²) in [6.45, 7) is 2.07. The van der Waals surface area contributed by atoms with Crippen LogP contribution in [-0.4, -0.2) is 23.8 Å². The van der Waals surface area contributed by atoms with Crippen molar-refractivity contribution < 1.29 is 18.3 Å². The van der Waals surface area contributed by atoms with Gasteiger partial charge in [0, 0.05) is 11.8 Å². The maximum atomic E-state index is 13.6. The van der Waals surface area contributed by atoms with Crippen molar-refractivity contribution in [2.24, 2.45) is 0 Å². The number of methoxy groups -OCH3 is 2. The van der Waals surface area contributed by atoms with Gasteiger partial charge in [-0.3, -0.25) is 4.79 Å². The molecule has 0 saturated heterocycles. The third-order valence-electron chi connectivity index (χ3n) is 4.40. The van der Waals surface area contributed by atoms with E-state index in [1.165, 1.54) is 25.4 Å². The SMILES string of the molecule is CCc1cc(OC)ccc1Nc1nc(=O)c(OC)cn1Cc1cc(F)cc(F)c1. The van der Waals surface area contributed by atoms with Crippen LogP contribution in [0.4, 0.5) is 20.4 Å². The van der Waals surface area contributed by atoms with Crippen molar-refractivity contribution in [2.75, 3.05) is 19.5 Å². The highest BCUT2D eigenvalue weighted by Gasteiger charge is 2.13. The highest BCUT2D eigenvalue weighted by atomic mass is 19.1. The summed E-state index contributed by atoms with van der Waals surface area (Å²) in [5.74, 6) is -0.404. The predicted octanol–water partition coefficient (Wildman–Crippen LogP) is 3.89. The van der Waals surface area contributed by atoms with E-state index in [1.807, 2.05) is 19.1 Å². The molecular weight excluding hydrogens is 380 g/mol. The van der Waals surface area contributed by atoms with Gasteiger partial charge < -0.3 is 19.4 Å². The van der Waals surface area contributed by atoms with Crippen LogP contribution >= 0.6 is 0 Å². The van der Waals surface area contributed by atoms with Crippen LogP contribution < -0.4 is 20.3 Å². The number of nitrogens with one attached hydrogen (secondary N) is 1. The predicted molar refractivity (Wildman–Crippen MR) is 106 cm³/mol. The van der Waals surface area contributed by atoms with Crippen LogP contribution in [0.3, 0.4) is 0 Å². The molecular formula is C21H21F2N3O3. The lowest BCUT2D eigenvalue weighted by Crippen LogP contribution is -2.19. The third kappa shape index (κ3) is 4.71. The maximum Gasteiger partial charge on any atom is 0.316 e. The monoisotopic (exact) mass is 401 g/mol. The Morgan fingerprint density at radius 1 is 1.07 bits per heavy atom. The number of hydrogen-bond donors (Lipinski definition) is 1. The fourth-order valence-electron chi connectivity index (χ4n) is 2.96. The average Bonchev–Trinajstić information content (AvgIpc) is 2.69. The Kier molecular flexibility index (Phi) is 6.11. The topological polar surface area (TPSA) is 65.4 Å². The summed E-state index contributed by atoms with van der Waals surface area (Å²) in [4.78, 5) is 16.3. The summed E-state index contributed by atoms with van der Waals surface area (Å²) in [6.07, 6.45) is 2.17. The van der Waals surface area contributed by atoms with E-state index in [2.05, 4.69) is 10.3 Å². The first-order chi connectivity index (χ1) is 13.9. The zero-order valence-corrected chi connectivity index (χ0v) is 16.3. The Morgan fingerprint density at radius 3 is 2.41 bits per heavy atom. The van der Waals surface area contributed by atoms with Gasteiger partial charge in [0.25, 0.3) is 0 Å². The number of anilines is 2. The van der Waals surface area contributed by atoms with E-state index in [0.29, 0.717) is 11.3 Å². The summed E-state index contributed by atoms with van der Waals surface area (Å²) in [6, 6.07) is 8.74. The lowest BCUT2D eigenvalue weighted by molar-refractivity contribution is 0.402. The largest absolute Gasteiger partial charge is 0.497 e. The van der Waals surface area contributed by atoms with E-state index in [1.54, 1.807) is 17.7 Å². The summed E-state index contributed by atoms with van der Waals surface area (Å²) in [7, 11) is 2.94. The average molecular weight is 401 g/mol. The second kappa shape index (κ2) is 8.72. The number of rotatable bonds is 7. The fraction of sp³-hybridized carbons (Fsp3) is 0.238. The van der Waals surface area contributed by atoms with E-state index in [0.717, 1.165) is 23.7 Å². The Balaban J connectivity index is 2.04. The molecule has 3 rings (SSSR count). The van der Waals surface area contributed by atoms with E-state index < -0.39 is 17.2 Å². The molecule has 152 valence electrons. The molecule has 29 heavy (non-hydrogen) atoms. The van der Waals surface area contributed by atoms with Gasteiger partial charge in [-0.15, -0.1) is 0 Å². The second-order valence-corrected chi connectivity index (χ2v) is 6.35. The molecule has 1 heterocycles. The van der Waals surface area contributed by atoms with Gasteiger partial charge in [0.2, 0.25) is 11.7 Å². The van der Waals surface area contributed by atoms with E-state index >= 15 is 0 Å². The van der Waals surface area contributed by atoms with Gasteiger partial charge in [-0.05, 0) is 47.9 Å². The molecule has 0 spiro atoms. The van der Waals surface area contributed by atoms with Gasteiger partial charge in [0.05, 0.1) is 27.0 Å². The summed E-state index contributed by atoms with van der Waals surface area (Å²) in [5.41, 5.74) is 1.52. The van der Waals surface area contributed by atoms with Gasteiger partial charge in [-0.1, -0.05) is 6.92 Å². The number of hydrogen-bond acceptors (Lipinski definition) is 5. The van der Waals surface area contributed by atoms with Gasteiger partial charge in [-0.25, -0.2) is 8.78 Å². The number of ether oxygens (including phenoxy) is 2. The van der Waals surface area contributed by atoms with Crippen LogP contribution in [0.1, 0.15) is 18.1 Å². The van der Waals surface area contributed by atoms with Gasteiger partial charge >= 0.3 is 5.56 Å². The van der Waals surface area contributed by atoms with Gasteiger partial charge in [-0.2, -0.15) is 4.98 Å². The van der Waals surface area contributed by atoms with Crippen molar-refractivity contribution in [1.82, 2.24) is 9.55 Å². The summed E-state index contributed by atoms with van der Waals surface area (Å²) in [5, 5.41) is 3.14. The first-order valence-electron chi connectivity index (χ1n) is 8.98. The lowest BCUT2D eigenvalue weighted by atomic mass is 10.1. The van der Waals surface area contributed by atoms with Crippen LogP contribution in [0.15, 0.2) is 47.4 Å². The minimum Gasteiger partial charge on any atom is -0.497 e. The molecule has 0 aliphatic rings. The van der Waals surface area contributed by atoms with E-state index in [9.17, 15) is 13.6 Å². The van der Waals surface area contributed by atoms with E-state index in [-0.39, 0.29) is 18.2 Å². The van der Waals surface area contributed by atoms with Crippen LogP contribution in [0, 0.1) is 11.6 Å². The smallest absolute Gasteiger partial charge is 0.316 e. The fourth-order valence-corrected chi connectivity index (χ4v) is 2.96. The number of aromatic nitrogens is 2. The number of halogens is 2. The number of benzene rings is 2. The molecule has 0 fully saturated rings. The molecule has 0 aliphatic heterocycles. The van der Waals surface area contributed by atoms with Crippen LogP contribution in [-0.2, 0) is 13.0 Å². The first-order valence-corrected chi connectivity index (χ1v) is 8.98. The zero-order valence-electron chi connectivity index (χ0n) is 16.3. The lowest BCUT2D eigenvalue weighted by Gasteiger charge is -2.17. The maximum absolute atomic E-state index is 13.6. The van der Waals surface area contributed by atoms with Gasteiger partial charge in [0.15, 0.2) is 0 Å². The highest BCUT2D eigenvalue weighted by Crippen LogP contribution is 2.25. The Morgan fingerprint density at radius 2 is 1.79 bits per heavy atom. The zero-order chi connectivity index (χ0) is 21.0. The third-order valence-corrected chi connectivity index (χ3v) is 4.40. The van der Waals surface area contributed by atoms with Crippen molar-refractivity contribution in [1.29, 1.82) is 0 Å². The molecule has 0 amide bonds. The van der Waals surface area contributed by atoms with Crippen molar-refractivity contribution in [3.05, 3.63) is 75.7 Å². The number of nitrogens with zero attached hydrogens (tertiary/aromatic N) is 2. The number of aryl methyl sites for hydroxylation is 1. The molecule has 6 nitrogen and oxygen atoms in total. The summed E-state index contributed by atoms with van der Waals surface area (Å²) < 4.78 is 39.1. The van der Waals surface area contributed by atoms with Crippen LogP contribution in [0.2, 0.25) is 0 Å². The first kappa shape index (κ1) is 20.3. The van der Waals surface area contributed by atoms with Crippen molar-refractivity contribution >= 4 is 11.6 Å². The van der Waals surface area contributed by atoms with Crippen LogP contribution in [0.25, 0.3) is 0 Å². The van der Waals surface area contributed by atoms with Crippen molar-refractivity contribution in [2.45, 2.75) is 19.9 Å². The quantitative estimate of drug-likeness (QED) is 0.651. The van der Waals surface area contributed by atoms with Crippen molar-refractivity contribution in [3.8, 4) is 11.5 Å². The standard InChI is InChI=1S/C21H21F2N3O3/c1-4-14-9-17(28-2)5-6-18(14)24-21-25-20(27)19(29-3)12-26(21)11-13-7-15(22)10-16(23)8-13/h5-10,12H,4,11H2,1-3H3,(H,24,25,27). The molecule has 0 saturated carbocycles. The molecule has 2 aromatic carbocycles. The molecule has 0 bridgehead atoms. The summed E-state index contributed by atoms with van der Waals surface area (Å²) >= 11 is 0. The molecule has 3 aromatic rings. The molecule has 8 heteroatoms. The molecule has 0 radical (unpaired) electrons. The van der Waals surface area contributed by atoms with Crippen LogP contribution in [0.5, 0.6) is 11.5 Å². The van der Waals surface area contributed by atoms with Gasteiger partial charge in [0.1, 0.15) is 17.4 Å². The Hall–Kier alpha value is -3.42.